The highest BCUT2D eigenvalue weighted by atomic mass is 35.5. The Morgan fingerprint density at radius 1 is 0.800 bits per heavy atom. The summed E-state index contributed by atoms with van der Waals surface area (Å²) in [5, 5.41) is 5.66. The molecule has 0 fully saturated rings. The van der Waals surface area contributed by atoms with Crippen molar-refractivity contribution in [1.82, 2.24) is 9.97 Å². The van der Waals surface area contributed by atoms with Gasteiger partial charge in [-0.05, 0) is 63.6 Å². The first kappa shape index (κ1) is 22.4. The van der Waals surface area contributed by atoms with Gasteiger partial charge in [0.25, 0.3) is 0 Å². The first-order valence-electron chi connectivity index (χ1n) is 10.5. The molecule has 1 heterocycles. The lowest BCUT2D eigenvalue weighted by atomic mass is 10.1. The van der Waals surface area contributed by atoms with E-state index in [0.29, 0.717) is 16.6 Å². The molecule has 1 aromatic heterocycles. The van der Waals surface area contributed by atoms with Gasteiger partial charge in [0.15, 0.2) is 0 Å². The highest BCUT2D eigenvalue weighted by molar-refractivity contribution is 6.42. The van der Waals surface area contributed by atoms with Crippen molar-refractivity contribution in [2.24, 2.45) is 0 Å². The van der Waals surface area contributed by atoms with Gasteiger partial charge in [0, 0.05) is 43.8 Å². The molecular weight excluding hydrogens is 417 g/mol. The number of hydrogen-bond donors (Lipinski definition) is 1. The molecule has 30 heavy (non-hydrogen) atoms. The van der Waals surface area contributed by atoms with Crippen molar-refractivity contribution in [2.45, 2.75) is 34.2 Å². The molecule has 0 spiro atoms. The van der Waals surface area contributed by atoms with Gasteiger partial charge in [-0.15, -0.1) is 0 Å². The highest BCUT2D eigenvalue weighted by Gasteiger charge is 2.16. The molecule has 0 saturated carbocycles. The van der Waals surface area contributed by atoms with Crippen LogP contribution in [0.2, 0.25) is 10.0 Å². The van der Waals surface area contributed by atoms with Crippen LogP contribution in [0.4, 0.5) is 17.5 Å². The fraction of sp³-hybridized carbons (Fsp3) is 0.391. The Labute approximate surface area is 189 Å². The molecule has 1 N–H and O–H groups in total. The first-order chi connectivity index (χ1) is 14.5. The predicted molar refractivity (Wildman–Crippen MR) is 130 cm³/mol. The second kappa shape index (κ2) is 10.2. The van der Waals surface area contributed by atoms with Crippen molar-refractivity contribution in [3.05, 3.63) is 52.0 Å². The standard InChI is InChI=1S/C23H29Cl2N5/c1-5-29(6-2)22-18-14-17(26-15-16-9-11-19(24)20(25)13-16)10-12-21(18)27-23(28-22)30(7-3)8-4/h9-14,26H,5-8,15H2,1-4H3. The van der Waals surface area contributed by atoms with Crippen molar-refractivity contribution in [2.75, 3.05) is 41.3 Å². The van der Waals surface area contributed by atoms with Crippen LogP contribution in [0.1, 0.15) is 33.3 Å². The molecule has 0 saturated heterocycles. The monoisotopic (exact) mass is 445 g/mol. The van der Waals surface area contributed by atoms with Crippen molar-refractivity contribution in [3.8, 4) is 0 Å². The molecule has 0 amide bonds. The predicted octanol–water partition coefficient (Wildman–Crippen LogP) is 6.24. The van der Waals surface area contributed by atoms with Gasteiger partial charge >= 0.3 is 0 Å². The Morgan fingerprint density at radius 2 is 1.50 bits per heavy atom. The summed E-state index contributed by atoms with van der Waals surface area (Å²) >= 11 is 12.2. The second-order valence-corrected chi connectivity index (χ2v) is 7.84. The second-order valence-electron chi connectivity index (χ2n) is 7.03. The van der Waals surface area contributed by atoms with E-state index in [4.69, 9.17) is 33.2 Å². The van der Waals surface area contributed by atoms with Crippen LogP contribution in [0.3, 0.4) is 0 Å². The molecular formula is C23H29Cl2N5. The topological polar surface area (TPSA) is 44.3 Å². The molecule has 0 aliphatic heterocycles. The maximum atomic E-state index is 6.14. The van der Waals surface area contributed by atoms with Crippen molar-refractivity contribution in [3.63, 3.8) is 0 Å². The van der Waals surface area contributed by atoms with E-state index in [0.717, 1.165) is 60.1 Å². The minimum Gasteiger partial charge on any atom is -0.381 e. The van der Waals surface area contributed by atoms with Gasteiger partial charge in [0.05, 0.1) is 15.6 Å². The zero-order valence-electron chi connectivity index (χ0n) is 18.0. The summed E-state index contributed by atoms with van der Waals surface area (Å²) in [5.74, 6) is 1.76. The Kier molecular flexibility index (Phi) is 7.62. The van der Waals surface area contributed by atoms with Crippen LogP contribution in [-0.2, 0) is 6.54 Å². The molecule has 0 atom stereocenters. The molecule has 0 radical (unpaired) electrons. The minimum absolute atomic E-state index is 0.565. The summed E-state index contributed by atoms with van der Waals surface area (Å²) in [4.78, 5) is 14.2. The van der Waals surface area contributed by atoms with E-state index in [1.165, 1.54) is 0 Å². The number of aromatic nitrogens is 2. The third kappa shape index (κ3) is 4.90. The Morgan fingerprint density at radius 3 is 2.13 bits per heavy atom. The summed E-state index contributed by atoms with van der Waals surface area (Å²) in [5.41, 5.74) is 3.04. The minimum atomic E-state index is 0.565. The van der Waals surface area contributed by atoms with Crippen LogP contribution in [0.15, 0.2) is 36.4 Å². The zero-order chi connectivity index (χ0) is 21.7. The maximum absolute atomic E-state index is 6.14. The van der Waals surface area contributed by atoms with E-state index >= 15 is 0 Å². The molecule has 0 bridgehead atoms. The number of nitrogens with one attached hydrogen (secondary N) is 1. The molecule has 3 aromatic rings. The molecule has 5 nitrogen and oxygen atoms in total. The molecule has 0 aliphatic rings. The summed E-state index contributed by atoms with van der Waals surface area (Å²) in [6.45, 7) is 12.8. The van der Waals surface area contributed by atoms with E-state index in [2.05, 4.69) is 61.0 Å². The lowest BCUT2D eigenvalue weighted by Gasteiger charge is -2.25. The smallest absolute Gasteiger partial charge is 0.227 e. The van der Waals surface area contributed by atoms with Gasteiger partial charge in [0.2, 0.25) is 5.95 Å². The fourth-order valence-corrected chi connectivity index (χ4v) is 3.80. The summed E-state index contributed by atoms with van der Waals surface area (Å²) in [7, 11) is 0. The largest absolute Gasteiger partial charge is 0.381 e. The number of fused-ring (bicyclic) bond motifs is 1. The number of nitrogens with zero attached hydrogens (tertiary/aromatic N) is 4. The van der Waals surface area contributed by atoms with E-state index in [1.54, 1.807) is 0 Å². The summed E-state index contributed by atoms with van der Waals surface area (Å²) in [6.07, 6.45) is 0. The molecule has 2 aromatic carbocycles. The third-order valence-electron chi connectivity index (χ3n) is 5.25. The SMILES string of the molecule is CCN(CC)c1nc(N(CC)CC)c2cc(NCc3ccc(Cl)c(Cl)c3)ccc2n1. The Bertz CT molecular complexity index is 1000. The van der Waals surface area contributed by atoms with Crippen LogP contribution in [-0.4, -0.2) is 36.1 Å². The number of anilines is 3. The van der Waals surface area contributed by atoms with Gasteiger partial charge < -0.3 is 15.1 Å². The van der Waals surface area contributed by atoms with Crippen molar-refractivity contribution < 1.29 is 0 Å². The van der Waals surface area contributed by atoms with Crippen LogP contribution in [0, 0.1) is 0 Å². The number of benzene rings is 2. The van der Waals surface area contributed by atoms with Crippen molar-refractivity contribution in [1.29, 1.82) is 0 Å². The van der Waals surface area contributed by atoms with E-state index in [1.807, 2.05) is 18.2 Å². The Hall–Kier alpha value is -2.24. The van der Waals surface area contributed by atoms with Crippen molar-refractivity contribution >= 4 is 51.6 Å². The highest BCUT2D eigenvalue weighted by Crippen LogP contribution is 2.30. The molecule has 3 rings (SSSR count). The maximum Gasteiger partial charge on any atom is 0.227 e. The molecule has 0 aliphatic carbocycles. The average Bonchev–Trinajstić information content (AvgIpc) is 2.76. The van der Waals surface area contributed by atoms with Gasteiger partial charge in [-0.1, -0.05) is 29.3 Å². The zero-order valence-corrected chi connectivity index (χ0v) is 19.6. The van der Waals surface area contributed by atoms with Gasteiger partial charge in [-0.2, -0.15) is 4.98 Å². The fourth-order valence-electron chi connectivity index (χ4n) is 3.48. The lowest BCUT2D eigenvalue weighted by Crippen LogP contribution is -2.27. The van der Waals surface area contributed by atoms with E-state index in [9.17, 15) is 0 Å². The van der Waals surface area contributed by atoms with Crippen LogP contribution >= 0.6 is 23.2 Å². The normalized spacial score (nSPS) is 11.0. The molecule has 0 unspecified atom stereocenters. The summed E-state index contributed by atoms with van der Waals surface area (Å²) in [6, 6.07) is 11.9. The third-order valence-corrected chi connectivity index (χ3v) is 5.99. The number of rotatable bonds is 9. The van der Waals surface area contributed by atoms with Crippen LogP contribution in [0.25, 0.3) is 10.9 Å². The van der Waals surface area contributed by atoms with E-state index < -0.39 is 0 Å². The van der Waals surface area contributed by atoms with Gasteiger partial charge in [0.1, 0.15) is 5.82 Å². The Balaban J connectivity index is 1.97. The van der Waals surface area contributed by atoms with E-state index in [-0.39, 0.29) is 0 Å². The average molecular weight is 446 g/mol. The lowest BCUT2D eigenvalue weighted by molar-refractivity contribution is 0.806. The number of hydrogen-bond acceptors (Lipinski definition) is 5. The van der Waals surface area contributed by atoms with Crippen LogP contribution in [0.5, 0.6) is 0 Å². The first-order valence-corrected chi connectivity index (χ1v) is 11.3. The number of halogens is 2. The van der Waals surface area contributed by atoms with Gasteiger partial charge in [-0.3, -0.25) is 0 Å². The molecule has 160 valence electrons. The van der Waals surface area contributed by atoms with Gasteiger partial charge in [-0.25, -0.2) is 4.98 Å². The quantitative estimate of drug-likeness (QED) is 0.422. The molecule has 7 heteroatoms. The summed E-state index contributed by atoms with van der Waals surface area (Å²) < 4.78 is 0. The van der Waals surface area contributed by atoms with Crippen LogP contribution < -0.4 is 15.1 Å².